The number of ether oxygens (including phenoxy) is 1. The SMILES string of the molecule is COc1cccc(-c2[nH]ncc2C(=O)N(C)Cc2cc(C(C)(C)C)n[nH]2)c1. The first kappa shape index (κ1) is 18.7. The predicted octanol–water partition coefficient (Wildman–Crippen LogP) is 3.38. The zero-order chi connectivity index (χ0) is 19.6. The zero-order valence-electron chi connectivity index (χ0n) is 16.3. The molecule has 2 heterocycles. The smallest absolute Gasteiger partial charge is 0.257 e. The Kier molecular flexibility index (Phi) is 5.03. The number of carbonyl (C=O) groups is 1. The van der Waals surface area contributed by atoms with Gasteiger partial charge in [-0.3, -0.25) is 15.0 Å². The third-order valence-electron chi connectivity index (χ3n) is 4.38. The lowest BCUT2D eigenvalue weighted by molar-refractivity contribution is 0.0784. The Morgan fingerprint density at radius 1 is 1.22 bits per heavy atom. The van der Waals surface area contributed by atoms with E-state index in [0.29, 0.717) is 17.8 Å². The minimum Gasteiger partial charge on any atom is -0.497 e. The maximum Gasteiger partial charge on any atom is 0.257 e. The third-order valence-corrected chi connectivity index (χ3v) is 4.38. The summed E-state index contributed by atoms with van der Waals surface area (Å²) < 4.78 is 5.27. The minimum absolute atomic E-state index is 0.0403. The van der Waals surface area contributed by atoms with Crippen LogP contribution in [0.1, 0.15) is 42.5 Å². The molecule has 142 valence electrons. The van der Waals surface area contributed by atoms with E-state index in [0.717, 1.165) is 22.7 Å². The maximum atomic E-state index is 13.0. The van der Waals surface area contributed by atoms with Crippen LogP contribution in [0, 0.1) is 0 Å². The first-order valence-corrected chi connectivity index (χ1v) is 8.77. The Morgan fingerprint density at radius 3 is 2.67 bits per heavy atom. The van der Waals surface area contributed by atoms with Crippen LogP contribution in [0.5, 0.6) is 5.75 Å². The maximum absolute atomic E-state index is 13.0. The fourth-order valence-electron chi connectivity index (χ4n) is 2.81. The molecule has 3 rings (SSSR count). The van der Waals surface area contributed by atoms with Crippen LogP contribution < -0.4 is 4.74 Å². The van der Waals surface area contributed by atoms with Crippen LogP contribution >= 0.6 is 0 Å². The van der Waals surface area contributed by atoms with E-state index in [9.17, 15) is 4.79 Å². The minimum atomic E-state index is -0.117. The summed E-state index contributed by atoms with van der Waals surface area (Å²) in [6, 6.07) is 9.53. The van der Waals surface area contributed by atoms with E-state index in [-0.39, 0.29) is 11.3 Å². The van der Waals surface area contributed by atoms with Crippen molar-refractivity contribution in [2.45, 2.75) is 32.7 Å². The fourth-order valence-corrected chi connectivity index (χ4v) is 2.81. The summed E-state index contributed by atoms with van der Waals surface area (Å²) in [5.41, 5.74) is 3.86. The van der Waals surface area contributed by atoms with Crippen LogP contribution in [0.15, 0.2) is 36.5 Å². The summed E-state index contributed by atoms with van der Waals surface area (Å²) in [4.78, 5) is 14.6. The van der Waals surface area contributed by atoms with Crippen molar-refractivity contribution >= 4 is 5.91 Å². The summed E-state index contributed by atoms with van der Waals surface area (Å²) in [6.07, 6.45) is 1.56. The van der Waals surface area contributed by atoms with Gasteiger partial charge in [0.25, 0.3) is 5.91 Å². The highest BCUT2D eigenvalue weighted by atomic mass is 16.5. The summed E-state index contributed by atoms with van der Waals surface area (Å²) in [6.45, 7) is 6.75. The molecule has 0 saturated carbocycles. The molecule has 27 heavy (non-hydrogen) atoms. The molecule has 0 radical (unpaired) electrons. The van der Waals surface area contributed by atoms with Crippen molar-refractivity contribution in [1.29, 1.82) is 0 Å². The monoisotopic (exact) mass is 367 g/mol. The molecule has 2 N–H and O–H groups in total. The van der Waals surface area contributed by atoms with Crippen molar-refractivity contribution in [2.24, 2.45) is 0 Å². The van der Waals surface area contributed by atoms with E-state index in [1.807, 2.05) is 30.3 Å². The third kappa shape index (κ3) is 4.02. The lowest BCUT2D eigenvalue weighted by atomic mass is 9.92. The van der Waals surface area contributed by atoms with Gasteiger partial charge in [0.15, 0.2) is 0 Å². The molecule has 0 spiro atoms. The number of benzene rings is 1. The van der Waals surface area contributed by atoms with Gasteiger partial charge in [0.05, 0.1) is 42.5 Å². The topological polar surface area (TPSA) is 86.9 Å². The van der Waals surface area contributed by atoms with Gasteiger partial charge in [-0.05, 0) is 18.2 Å². The summed E-state index contributed by atoms with van der Waals surface area (Å²) in [5.74, 6) is 0.606. The molecule has 0 aliphatic carbocycles. The van der Waals surface area contributed by atoms with Gasteiger partial charge in [0, 0.05) is 18.0 Å². The molecule has 0 fully saturated rings. The van der Waals surface area contributed by atoms with E-state index in [4.69, 9.17) is 4.74 Å². The number of hydrogen-bond acceptors (Lipinski definition) is 4. The number of amides is 1. The Labute approximate surface area is 158 Å². The number of rotatable bonds is 5. The summed E-state index contributed by atoms with van der Waals surface area (Å²) >= 11 is 0. The van der Waals surface area contributed by atoms with Crippen LogP contribution in [-0.4, -0.2) is 45.4 Å². The Morgan fingerprint density at radius 2 is 2.00 bits per heavy atom. The number of nitrogens with one attached hydrogen (secondary N) is 2. The molecule has 7 heteroatoms. The number of hydrogen-bond donors (Lipinski definition) is 2. The van der Waals surface area contributed by atoms with Crippen molar-refractivity contribution in [3.63, 3.8) is 0 Å². The van der Waals surface area contributed by atoms with Gasteiger partial charge in [-0.1, -0.05) is 32.9 Å². The summed E-state index contributed by atoms with van der Waals surface area (Å²) in [5, 5.41) is 14.4. The van der Waals surface area contributed by atoms with Crippen LogP contribution in [0.2, 0.25) is 0 Å². The van der Waals surface area contributed by atoms with E-state index >= 15 is 0 Å². The van der Waals surface area contributed by atoms with E-state index in [1.54, 1.807) is 25.3 Å². The highest BCUT2D eigenvalue weighted by Gasteiger charge is 2.21. The molecule has 0 atom stereocenters. The second kappa shape index (κ2) is 7.26. The van der Waals surface area contributed by atoms with Crippen molar-refractivity contribution in [3.05, 3.63) is 53.5 Å². The van der Waals surface area contributed by atoms with Gasteiger partial charge < -0.3 is 9.64 Å². The zero-order valence-corrected chi connectivity index (χ0v) is 16.3. The average Bonchev–Trinajstić information content (AvgIpc) is 3.30. The van der Waals surface area contributed by atoms with E-state index in [1.165, 1.54) is 0 Å². The molecular formula is C20H25N5O2. The molecule has 1 amide bonds. The highest BCUT2D eigenvalue weighted by molar-refractivity contribution is 5.99. The molecule has 0 bridgehead atoms. The fraction of sp³-hybridized carbons (Fsp3) is 0.350. The number of nitrogens with zero attached hydrogens (tertiary/aromatic N) is 3. The number of aromatic nitrogens is 4. The lowest BCUT2D eigenvalue weighted by Gasteiger charge is -2.16. The Hall–Kier alpha value is -3.09. The second-order valence-corrected chi connectivity index (χ2v) is 7.58. The van der Waals surface area contributed by atoms with Gasteiger partial charge >= 0.3 is 0 Å². The highest BCUT2D eigenvalue weighted by Crippen LogP contribution is 2.26. The van der Waals surface area contributed by atoms with Gasteiger partial charge in [-0.15, -0.1) is 0 Å². The van der Waals surface area contributed by atoms with Crippen molar-refractivity contribution in [3.8, 4) is 17.0 Å². The largest absolute Gasteiger partial charge is 0.497 e. The lowest BCUT2D eigenvalue weighted by Crippen LogP contribution is -2.26. The van der Waals surface area contributed by atoms with Gasteiger partial charge in [0.1, 0.15) is 5.75 Å². The Bertz CT molecular complexity index is 936. The van der Waals surface area contributed by atoms with Crippen molar-refractivity contribution in [2.75, 3.05) is 14.2 Å². The molecule has 1 aromatic carbocycles. The predicted molar refractivity (Wildman–Crippen MR) is 104 cm³/mol. The second-order valence-electron chi connectivity index (χ2n) is 7.58. The summed E-state index contributed by atoms with van der Waals surface area (Å²) in [7, 11) is 3.38. The first-order chi connectivity index (χ1) is 12.8. The number of carbonyl (C=O) groups excluding carboxylic acids is 1. The van der Waals surface area contributed by atoms with E-state index < -0.39 is 0 Å². The Balaban J connectivity index is 1.80. The van der Waals surface area contributed by atoms with Crippen LogP contribution in [0.4, 0.5) is 0 Å². The van der Waals surface area contributed by atoms with Crippen LogP contribution in [0.25, 0.3) is 11.3 Å². The number of H-pyrrole nitrogens is 2. The van der Waals surface area contributed by atoms with Gasteiger partial charge in [-0.25, -0.2) is 0 Å². The molecule has 0 saturated heterocycles. The number of aromatic amines is 2. The number of methoxy groups -OCH3 is 1. The molecular weight excluding hydrogens is 342 g/mol. The molecule has 7 nitrogen and oxygen atoms in total. The van der Waals surface area contributed by atoms with Gasteiger partial charge in [0.2, 0.25) is 0 Å². The quantitative estimate of drug-likeness (QED) is 0.724. The van der Waals surface area contributed by atoms with Crippen molar-refractivity contribution in [1.82, 2.24) is 25.3 Å². The average molecular weight is 367 g/mol. The molecule has 2 aromatic heterocycles. The van der Waals surface area contributed by atoms with Crippen LogP contribution in [-0.2, 0) is 12.0 Å². The van der Waals surface area contributed by atoms with Gasteiger partial charge in [-0.2, -0.15) is 10.2 Å². The molecule has 3 aromatic rings. The molecule has 0 aliphatic rings. The van der Waals surface area contributed by atoms with E-state index in [2.05, 4.69) is 41.2 Å². The molecule has 0 unspecified atom stereocenters. The molecule has 0 aliphatic heterocycles. The standard InChI is InChI=1S/C20H25N5O2/c1-20(2,3)17-10-14(22-23-17)12-25(4)19(26)16-11-21-24-18(16)13-7-6-8-15(9-13)27-5/h6-11H,12H2,1-5H3,(H,21,24)(H,22,23). The van der Waals surface area contributed by atoms with Crippen LogP contribution in [0.3, 0.4) is 0 Å². The van der Waals surface area contributed by atoms with Crippen molar-refractivity contribution < 1.29 is 9.53 Å². The first-order valence-electron chi connectivity index (χ1n) is 8.77. The normalized spacial score (nSPS) is 11.4.